The molecule has 0 bridgehead atoms. The standard InChI is InChI=1S/C41H31N3/c1-2-11-26(12-3-1)28-14-10-22-42(25-28)41-35-19-8-17-30(35)32-18-9-21-37(39(32)41)43-36-20-7-6-16-31(36)34-24-33-29-15-5-4-13-27(29)23-38(33)44(41)40(34)43/h1-7,9-16,18,20-22,24-25,30,35H,8,17,19,23H2/q+2. The van der Waals surface area contributed by atoms with Crippen molar-refractivity contribution in [3.63, 3.8) is 0 Å². The summed E-state index contributed by atoms with van der Waals surface area (Å²) in [5.74, 6) is 1.03. The first kappa shape index (κ1) is 23.4. The second-order valence-corrected chi connectivity index (χ2v) is 13.2. The number of aromatic nitrogens is 3. The second-order valence-electron chi connectivity index (χ2n) is 13.2. The first-order valence-electron chi connectivity index (χ1n) is 16.1. The van der Waals surface area contributed by atoms with E-state index < -0.39 is 0 Å². The molecule has 3 nitrogen and oxygen atoms in total. The van der Waals surface area contributed by atoms with Gasteiger partial charge in [0.2, 0.25) is 0 Å². The summed E-state index contributed by atoms with van der Waals surface area (Å²) in [6, 6.07) is 43.3. The largest absolute Gasteiger partial charge is 0.343 e. The van der Waals surface area contributed by atoms with Crippen molar-refractivity contribution >= 4 is 21.9 Å². The Bertz CT molecular complexity index is 2360. The third kappa shape index (κ3) is 2.63. The summed E-state index contributed by atoms with van der Waals surface area (Å²) in [7, 11) is 0. The van der Waals surface area contributed by atoms with Crippen molar-refractivity contribution in [2.24, 2.45) is 5.92 Å². The molecule has 0 radical (unpaired) electrons. The van der Waals surface area contributed by atoms with Crippen LogP contribution in [0.15, 0.2) is 128 Å². The lowest BCUT2D eigenvalue weighted by atomic mass is 9.85. The zero-order chi connectivity index (χ0) is 28.6. The molecular formula is C41H31N3+2. The second kappa shape index (κ2) is 8.12. The third-order valence-corrected chi connectivity index (χ3v) is 11.4. The molecule has 4 aliphatic rings. The number of hydrogen-bond acceptors (Lipinski definition) is 0. The van der Waals surface area contributed by atoms with Crippen molar-refractivity contribution in [1.82, 2.24) is 4.57 Å². The molecule has 4 heterocycles. The SMILES string of the molecule is c1ccc(-c2ccc[n+](C34c5c(cccc5-n5c6ccccc6c6cc7c([n+]3c65)Cc3ccccc3-7)C3CCCC34)c2)cc1. The quantitative estimate of drug-likeness (QED) is 0.188. The van der Waals surface area contributed by atoms with E-state index in [9.17, 15) is 0 Å². The summed E-state index contributed by atoms with van der Waals surface area (Å²) in [5, 5.41) is 2.69. The number of benzene rings is 4. The lowest BCUT2D eigenvalue weighted by Gasteiger charge is -2.34. The van der Waals surface area contributed by atoms with Gasteiger partial charge in [-0.05, 0) is 71.3 Å². The average Bonchev–Trinajstić information content (AvgIpc) is 3.85. The van der Waals surface area contributed by atoms with Crippen molar-refractivity contribution in [1.29, 1.82) is 0 Å². The molecule has 7 aromatic rings. The van der Waals surface area contributed by atoms with E-state index >= 15 is 0 Å². The Morgan fingerprint density at radius 1 is 0.705 bits per heavy atom. The fraction of sp³-hybridized carbons (Fsp3) is 0.171. The maximum absolute atomic E-state index is 2.86. The van der Waals surface area contributed by atoms with E-state index in [4.69, 9.17) is 0 Å². The fourth-order valence-electron chi connectivity index (χ4n) is 9.88. The topological polar surface area (TPSA) is 12.7 Å². The molecule has 1 fully saturated rings. The van der Waals surface area contributed by atoms with E-state index in [1.807, 2.05) is 0 Å². The van der Waals surface area contributed by atoms with Crippen molar-refractivity contribution < 1.29 is 9.13 Å². The van der Waals surface area contributed by atoms with Gasteiger partial charge in [0, 0.05) is 29.0 Å². The fourth-order valence-corrected chi connectivity index (χ4v) is 9.88. The van der Waals surface area contributed by atoms with Gasteiger partial charge in [-0.3, -0.25) is 0 Å². The number of nitrogens with zero attached hydrogens (tertiary/aromatic N) is 3. The molecule has 3 aliphatic carbocycles. The molecule has 3 heteroatoms. The summed E-state index contributed by atoms with van der Waals surface area (Å²) in [6.45, 7) is 0. The molecule has 3 atom stereocenters. The molecule has 208 valence electrons. The molecule has 11 rings (SSSR count). The first-order valence-corrected chi connectivity index (χ1v) is 16.1. The van der Waals surface area contributed by atoms with Crippen LogP contribution in [0.5, 0.6) is 0 Å². The van der Waals surface area contributed by atoms with Gasteiger partial charge in [-0.1, -0.05) is 85.3 Å². The number of fused-ring (bicyclic) bond motifs is 12. The van der Waals surface area contributed by atoms with Crippen LogP contribution in [0, 0.1) is 5.92 Å². The summed E-state index contributed by atoms with van der Waals surface area (Å²) < 4.78 is 8.10. The predicted octanol–water partition coefficient (Wildman–Crippen LogP) is 8.06. The molecule has 1 saturated carbocycles. The Morgan fingerprint density at radius 2 is 1.55 bits per heavy atom. The van der Waals surface area contributed by atoms with Crippen LogP contribution in [0.25, 0.3) is 49.9 Å². The molecule has 0 spiro atoms. The molecule has 3 aromatic heterocycles. The maximum Gasteiger partial charge on any atom is 0.343 e. The highest BCUT2D eigenvalue weighted by molar-refractivity contribution is 6.08. The van der Waals surface area contributed by atoms with Crippen LogP contribution in [0.4, 0.5) is 0 Å². The van der Waals surface area contributed by atoms with E-state index in [2.05, 4.69) is 141 Å². The lowest BCUT2D eigenvalue weighted by molar-refractivity contribution is -0.983. The molecule has 0 saturated heterocycles. The van der Waals surface area contributed by atoms with Crippen molar-refractivity contribution in [2.75, 3.05) is 0 Å². The average molecular weight is 566 g/mol. The molecule has 0 N–H and O–H groups in total. The van der Waals surface area contributed by atoms with Crippen LogP contribution in [-0.4, -0.2) is 4.57 Å². The van der Waals surface area contributed by atoms with Crippen molar-refractivity contribution in [2.45, 2.75) is 37.3 Å². The zero-order valence-corrected chi connectivity index (χ0v) is 24.4. The van der Waals surface area contributed by atoms with Gasteiger partial charge < -0.3 is 0 Å². The van der Waals surface area contributed by atoms with Crippen LogP contribution in [0.2, 0.25) is 0 Å². The Kier molecular flexibility index (Phi) is 4.33. The summed E-state index contributed by atoms with van der Waals surface area (Å²) >= 11 is 0. The van der Waals surface area contributed by atoms with Crippen molar-refractivity contribution in [3.8, 4) is 27.9 Å². The minimum Gasteiger partial charge on any atom is -0.191 e. The van der Waals surface area contributed by atoms with Gasteiger partial charge >= 0.3 is 11.3 Å². The Labute approximate surface area is 256 Å². The normalized spacial score (nSPS) is 21.8. The molecule has 4 aromatic carbocycles. The van der Waals surface area contributed by atoms with E-state index in [-0.39, 0.29) is 5.66 Å². The number of rotatable bonds is 2. The van der Waals surface area contributed by atoms with E-state index in [0.717, 1.165) is 6.42 Å². The number of para-hydroxylation sites is 1. The van der Waals surface area contributed by atoms with Crippen molar-refractivity contribution in [3.05, 3.63) is 150 Å². The summed E-state index contributed by atoms with van der Waals surface area (Å²) in [4.78, 5) is 0. The van der Waals surface area contributed by atoms with E-state index in [0.29, 0.717) is 11.8 Å². The molecular weight excluding hydrogens is 534 g/mol. The zero-order valence-electron chi connectivity index (χ0n) is 24.4. The predicted molar refractivity (Wildman–Crippen MR) is 174 cm³/mol. The van der Waals surface area contributed by atoms with Gasteiger partial charge in [-0.15, -0.1) is 0 Å². The summed E-state index contributed by atoms with van der Waals surface area (Å²) in [5.41, 5.74) is 14.9. The van der Waals surface area contributed by atoms with Gasteiger partial charge in [-0.2, -0.15) is 13.7 Å². The van der Waals surface area contributed by atoms with E-state index in [1.54, 1.807) is 5.56 Å². The molecule has 44 heavy (non-hydrogen) atoms. The minimum atomic E-state index is -0.353. The van der Waals surface area contributed by atoms with Crippen LogP contribution in [0.1, 0.15) is 47.6 Å². The highest BCUT2D eigenvalue weighted by Crippen LogP contribution is 2.59. The minimum absolute atomic E-state index is 0.353. The Hall–Kier alpha value is -5.02. The highest BCUT2D eigenvalue weighted by atomic mass is 15.3. The highest BCUT2D eigenvalue weighted by Gasteiger charge is 2.70. The first-order chi connectivity index (χ1) is 21.8. The monoisotopic (exact) mass is 565 g/mol. The maximum atomic E-state index is 2.86. The van der Waals surface area contributed by atoms with Crippen LogP contribution >= 0.6 is 0 Å². The van der Waals surface area contributed by atoms with Crippen LogP contribution in [0.3, 0.4) is 0 Å². The number of hydrogen-bond donors (Lipinski definition) is 0. The molecule has 0 amide bonds. The number of pyridine rings is 2. The van der Waals surface area contributed by atoms with Crippen LogP contribution < -0.4 is 9.13 Å². The van der Waals surface area contributed by atoms with Gasteiger partial charge in [0.1, 0.15) is 22.5 Å². The van der Waals surface area contributed by atoms with Crippen LogP contribution in [-0.2, 0) is 12.1 Å². The third-order valence-electron chi connectivity index (χ3n) is 11.4. The molecule has 3 unspecified atom stereocenters. The lowest BCUT2D eigenvalue weighted by Crippen LogP contribution is -2.78. The Morgan fingerprint density at radius 3 is 2.50 bits per heavy atom. The van der Waals surface area contributed by atoms with Gasteiger partial charge in [-0.25, -0.2) is 0 Å². The Balaban J connectivity index is 1.37. The smallest absolute Gasteiger partial charge is 0.191 e. The molecule has 1 aliphatic heterocycles. The van der Waals surface area contributed by atoms with Gasteiger partial charge in [0.15, 0.2) is 12.4 Å². The van der Waals surface area contributed by atoms with Gasteiger partial charge in [0.25, 0.3) is 0 Å². The summed E-state index contributed by atoms with van der Waals surface area (Å²) in [6.07, 6.45) is 9.55. The van der Waals surface area contributed by atoms with E-state index in [1.165, 1.54) is 86.0 Å². The van der Waals surface area contributed by atoms with Gasteiger partial charge in [0.05, 0.1) is 11.3 Å².